The molecular formula is C18H28N2O4. The Morgan fingerprint density at radius 1 is 1.38 bits per heavy atom. The monoisotopic (exact) mass is 336 g/mol. The summed E-state index contributed by atoms with van der Waals surface area (Å²) in [6.07, 6.45) is 1.57. The van der Waals surface area contributed by atoms with E-state index in [-0.39, 0.29) is 11.6 Å². The summed E-state index contributed by atoms with van der Waals surface area (Å²) in [6, 6.07) is 5.64. The van der Waals surface area contributed by atoms with Gasteiger partial charge in [-0.3, -0.25) is 0 Å². The van der Waals surface area contributed by atoms with Crippen molar-refractivity contribution in [3.63, 3.8) is 0 Å². The van der Waals surface area contributed by atoms with Crippen molar-refractivity contribution < 1.29 is 19.0 Å². The number of carbonyl (C=O) groups is 1. The van der Waals surface area contributed by atoms with E-state index in [1.165, 1.54) is 0 Å². The molecular weight excluding hydrogens is 308 g/mol. The number of nitrogens with zero attached hydrogens (tertiary/aromatic N) is 1. The molecule has 1 unspecified atom stereocenters. The van der Waals surface area contributed by atoms with Crippen LogP contribution in [0.2, 0.25) is 0 Å². The van der Waals surface area contributed by atoms with Gasteiger partial charge < -0.3 is 24.4 Å². The largest absolute Gasteiger partial charge is 0.497 e. The van der Waals surface area contributed by atoms with Crippen molar-refractivity contribution in [2.75, 3.05) is 40.5 Å². The maximum atomic E-state index is 12.4. The summed E-state index contributed by atoms with van der Waals surface area (Å²) in [7, 11) is 3.28. The van der Waals surface area contributed by atoms with Gasteiger partial charge >= 0.3 is 6.03 Å². The first kappa shape index (κ1) is 18.4. The minimum Gasteiger partial charge on any atom is -0.497 e. The number of nitrogens with one attached hydrogen (secondary N) is 1. The number of rotatable bonds is 6. The lowest BCUT2D eigenvalue weighted by molar-refractivity contribution is -0.0872. The Kier molecular flexibility index (Phi) is 6.31. The third kappa shape index (κ3) is 4.54. The highest BCUT2D eigenvalue weighted by molar-refractivity contribution is 5.74. The Morgan fingerprint density at radius 3 is 2.83 bits per heavy atom. The first-order valence-corrected chi connectivity index (χ1v) is 8.39. The third-order valence-electron chi connectivity index (χ3n) is 4.53. The third-order valence-corrected chi connectivity index (χ3v) is 4.53. The van der Waals surface area contributed by atoms with Gasteiger partial charge in [-0.1, -0.05) is 6.92 Å². The van der Waals surface area contributed by atoms with Crippen LogP contribution in [0.15, 0.2) is 18.2 Å². The van der Waals surface area contributed by atoms with Crippen LogP contribution in [0, 0.1) is 0 Å². The molecule has 1 N–H and O–H groups in total. The summed E-state index contributed by atoms with van der Waals surface area (Å²) < 4.78 is 16.4. The van der Waals surface area contributed by atoms with Gasteiger partial charge in [-0.25, -0.2) is 4.79 Å². The lowest BCUT2D eigenvalue weighted by atomic mass is 10.0. The molecule has 24 heavy (non-hydrogen) atoms. The molecule has 1 aromatic carbocycles. The van der Waals surface area contributed by atoms with E-state index in [4.69, 9.17) is 14.2 Å². The van der Waals surface area contributed by atoms with E-state index in [1.807, 2.05) is 30.0 Å². The van der Waals surface area contributed by atoms with Crippen molar-refractivity contribution in [1.82, 2.24) is 10.2 Å². The summed E-state index contributed by atoms with van der Waals surface area (Å²) >= 11 is 0. The molecule has 1 heterocycles. The molecule has 0 spiro atoms. The van der Waals surface area contributed by atoms with Gasteiger partial charge in [0.2, 0.25) is 0 Å². The molecule has 6 heteroatoms. The van der Waals surface area contributed by atoms with Gasteiger partial charge in [-0.2, -0.15) is 0 Å². The highest BCUT2D eigenvalue weighted by atomic mass is 16.5. The summed E-state index contributed by atoms with van der Waals surface area (Å²) in [5.74, 6) is 1.58. The average molecular weight is 336 g/mol. The second-order valence-corrected chi connectivity index (χ2v) is 6.23. The highest BCUT2D eigenvalue weighted by Crippen LogP contribution is 2.24. The summed E-state index contributed by atoms with van der Waals surface area (Å²) in [5.41, 5.74) is 0.767. The Bertz CT molecular complexity index is 564. The topological polar surface area (TPSA) is 60.0 Å². The number of hydrogen-bond donors (Lipinski definition) is 1. The molecule has 2 amide bonds. The molecule has 1 aromatic rings. The fraction of sp³-hybridized carbons (Fsp3) is 0.611. The van der Waals surface area contributed by atoms with Crippen LogP contribution >= 0.6 is 0 Å². The molecule has 1 fully saturated rings. The maximum absolute atomic E-state index is 12.4. The predicted octanol–water partition coefficient (Wildman–Crippen LogP) is 2.46. The Morgan fingerprint density at radius 2 is 2.17 bits per heavy atom. The molecule has 2 rings (SSSR count). The van der Waals surface area contributed by atoms with Crippen molar-refractivity contribution in [1.29, 1.82) is 0 Å². The zero-order chi connectivity index (χ0) is 17.6. The van der Waals surface area contributed by atoms with Gasteiger partial charge in [0.05, 0.1) is 33.0 Å². The van der Waals surface area contributed by atoms with Crippen molar-refractivity contribution in [3.05, 3.63) is 23.8 Å². The molecule has 0 radical (unpaired) electrons. The minimum absolute atomic E-state index is 0.0418. The van der Waals surface area contributed by atoms with Gasteiger partial charge in [-0.15, -0.1) is 0 Å². The van der Waals surface area contributed by atoms with E-state index >= 15 is 0 Å². The molecule has 1 aliphatic rings. The quantitative estimate of drug-likeness (QED) is 0.867. The zero-order valence-electron chi connectivity index (χ0n) is 15.1. The summed E-state index contributed by atoms with van der Waals surface area (Å²) in [4.78, 5) is 14.2. The Balaban J connectivity index is 1.88. The lowest BCUT2D eigenvalue weighted by Crippen LogP contribution is -2.54. The van der Waals surface area contributed by atoms with Gasteiger partial charge in [0.15, 0.2) is 0 Å². The van der Waals surface area contributed by atoms with Gasteiger partial charge in [0, 0.05) is 13.1 Å². The number of morpholine rings is 1. The Hall–Kier alpha value is -1.95. The molecule has 1 atom stereocenters. The van der Waals surface area contributed by atoms with E-state index in [9.17, 15) is 4.79 Å². The van der Waals surface area contributed by atoms with Crippen LogP contribution < -0.4 is 14.8 Å². The van der Waals surface area contributed by atoms with E-state index in [2.05, 4.69) is 12.2 Å². The smallest absolute Gasteiger partial charge is 0.317 e. The first-order chi connectivity index (χ1) is 11.5. The van der Waals surface area contributed by atoms with Crippen molar-refractivity contribution in [2.45, 2.75) is 32.3 Å². The van der Waals surface area contributed by atoms with Crippen LogP contribution in [0.4, 0.5) is 4.79 Å². The van der Waals surface area contributed by atoms with Crippen LogP contribution in [0.1, 0.15) is 25.8 Å². The van der Waals surface area contributed by atoms with Crippen molar-refractivity contribution in [2.24, 2.45) is 0 Å². The number of benzene rings is 1. The van der Waals surface area contributed by atoms with Crippen molar-refractivity contribution >= 4 is 6.03 Å². The fourth-order valence-electron chi connectivity index (χ4n) is 2.81. The maximum Gasteiger partial charge on any atom is 0.317 e. The molecule has 0 aliphatic carbocycles. The number of methoxy groups -OCH3 is 2. The van der Waals surface area contributed by atoms with Crippen LogP contribution in [0.5, 0.6) is 11.5 Å². The van der Waals surface area contributed by atoms with Crippen LogP contribution in [0.3, 0.4) is 0 Å². The predicted molar refractivity (Wildman–Crippen MR) is 92.9 cm³/mol. The van der Waals surface area contributed by atoms with E-state index in [0.29, 0.717) is 32.7 Å². The number of carbonyl (C=O) groups excluding carboxylic acids is 1. The molecule has 134 valence electrons. The first-order valence-electron chi connectivity index (χ1n) is 8.39. The SMILES string of the molecule is CCC1(C)CN(C(=O)NCCc2cc(OC)ccc2OC)CCO1. The summed E-state index contributed by atoms with van der Waals surface area (Å²) in [5, 5.41) is 2.99. The highest BCUT2D eigenvalue weighted by Gasteiger charge is 2.32. The number of urea groups is 1. The molecule has 0 saturated carbocycles. The average Bonchev–Trinajstić information content (AvgIpc) is 2.61. The second-order valence-electron chi connectivity index (χ2n) is 6.23. The minimum atomic E-state index is -0.244. The van der Waals surface area contributed by atoms with E-state index in [0.717, 1.165) is 23.5 Å². The lowest BCUT2D eigenvalue weighted by Gasteiger charge is -2.39. The van der Waals surface area contributed by atoms with Crippen LogP contribution in [0.25, 0.3) is 0 Å². The van der Waals surface area contributed by atoms with Crippen LogP contribution in [-0.2, 0) is 11.2 Å². The molecule has 6 nitrogen and oxygen atoms in total. The normalized spacial score (nSPS) is 20.6. The van der Waals surface area contributed by atoms with E-state index < -0.39 is 0 Å². The van der Waals surface area contributed by atoms with Gasteiger partial charge in [0.25, 0.3) is 0 Å². The Labute approximate surface area is 144 Å². The zero-order valence-corrected chi connectivity index (χ0v) is 15.1. The second kappa shape index (κ2) is 8.24. The molecule has 0 bridgehead atoms. The molecule has 0 aromatic heterocycles. The molecule has 1 saturated heterocycles. The summed E-state index contributed by atoms with van der Waals surface area (Å²) in [6.45, 7) is 6.51. The molecule has 1 aliphatic heterocycles. The van der Waals surface area contributed by atoms with Crippen molar-refractivity contribution in [3.8, 4) is 11.5 Å². The number of ether oxygens (including phenoxy) is 3. The van der Waals surface area contributed by atoms with Crippen LogP contribution in [-0.4, -0.2) is 57.0 Å². The van der Waals surface area contributed by atoms with E-state index in [1.54, 1.807) is 14.2 Å². The standard InChI is InChI=1S/C18H28N2O4/c1-5-18(2)13-20(10-11-24-18)17(21)19-9-8-14-12-15(22-3)6-7-16(14)23-4/h6-7,12H,5,8-11,13H2,1-4H3,(H,19,21). The fourth-order valence-corrected chi connectivity index (χ4v) is 2.81. The van der Waals surface area contributed by atoms with Gasteiger partial charge in [-0.05, 0) is 43.5 Å². The van der Waals surface area contributed by atoms with Gasteiger partial charge in [0.1, 0.15) is 11.5 Å². The number of hydrogen-bond acceptors (Lipinski definition) is 4. The number of amides is 2.